The summed E-state index contributed by atoms with van der Waals surface area (Å²) in [6.07, 6.45) is 2.37. The Morgan fingerprint density at radius 3 is 2.52 bits per heavy atom. The summed E-state index contributed by atoms with van der Waals surface area (Å²) >= 11 is 12.3. The van der Waals surface area contributed by atoms with Crippen LogP contribution in [0.2, 0.25) is 10.0 Å². The molecule has 27 heavy (non-hydrogen) atoms. The normalized spacial score (nSPS) is 14.9. The molecule has 148 valence electrons. The predicted molar refractivity (Wildman–Crippen MR) is 113 cm³/mol. The minimum absolute atomic E-state index is 0. The standard InChI is InChI=1S/C19H24Cl2N4O.ClH/c1-12-16(11-19(26)24-8-6-15(22-3)7-9-24)13(2)25(23-12)18-5-4-14(20)10-17(18)21;/h4-5,10,15,22H,6-9,11H2,1-3H3;1H. The summed E-state index contributed by atoms with van der Waals surface area (Å²) in [6, 6.07) is 5.84. The van der Waals surface area contributed by atoms with Crippen LogP contribution in [-0.4, -0.2) is 46.8 Å². The number of hydrogen-bond donors (Lipinski definition) is 1. The highest BCUT2D eigenvalue weighted by Gasteiger charge is 2.24. The van der Waals surface area contributed by atoms with Crippen molar-refractivity contribution in [3.05, 3.63) is 45.2 Å². The van der Waals surface area contributed by atoms with Crippen molar-refractivity contribution in [3.8, 4) is 5.69 Å². The quantitative estimate of drug-likeness (QED) is 0.797. The van der Waals surface area contributed by atoms with Crippen LogP contribution in [0.1, 0.15) is 29.8 Å². The summed E-state index contributed by atoms with van der Waals surface area (Å²) in [5, 5.41) is 9.01. The molecular formula is C19H25Cl3N4O. The van der Waals surface area contributed by atoms with Crippen LogP contribution >= 0.6 is 35.6 Å². The van der Waals surface area contributed by atoms with Crippen LogP contribution in [0.3, 0.4) is 0 Å². The van der Waals surface area contributed by atoms with Crippen LogP contribution in [0.4, 0.5) is 0 Å². The van der Waals surface area contributed by atoms with Gasteiger partial charge in [-0.05, 0) is 51.9 Å². The fourth-order valence-electron chi connectivity index (χ4n) is 3.50. The second-order valence-electron chi connectivity index (χ2n) is 6.78. The molecule has 0 aliphatic carbocycles. The van der Waals surface area contributed by atoms with Gasteiger partial charge in [0.05, 0.1) is 22.8 Å². The monoisotopic (exact) mass is 430 g/mol. The van der Waals surface area contributed by atoms with Crippen molar-refractivity contribution < 1.29 is 4.79 Å². The Bertz CT molecular complexity index is 814. The molecular weight excluding hydrogens is 407 g/mol. The fourth-order valence-corrected chi connectivity index (χ4v) is 3.99. The molecule has 0 saturated carbocycles. The molecule has 8 heteroatoms. The fraction of sp³-hybridized carbons (Fsp3) is 0.474. The predicted octanol–water partition coefficient (Wildman–Crippen LogP) is 3.97. The lowest BCUT2D eigenvalue weighted by Gasteiger charge is -2.32. The van der Waals surface area contributed by atoms with Gasteiger partial charge in [0.2, 0.25) is 5.91 Å². The number of carbonyl (C=O) groups excluding carboxylic acids is 1. The van der Waals surface area contributed by atoms with Gasteiger partial charge in [-0.1, -0.05) is 23.2 Å². The number of piperidine rings is 1. The summed E-state index contributed by atoms with van der Waals surface area (Å²) < 4.78 is 1.80. The van der Waals surface area contributed by atoms with E-state index in [0.29, 0.717) is 22.5 Å². The minimum atomic E-state index is 0. The summed E-state index contributed by atoms with van der Waals surface area (Å²) in [6.45, 7) is 5.52. The molecule has 1 saturated heterocycles. The molecule has 0 atom stereocenters. The van der Waals surface area contributed by atoms with Gasteiger partial charge >= 0.3 is 0 Å². The lowest BCUT2D eigenvalue weighted by molar-refractivity contribution is -0.131. The van der Waals surface area contributed by atoms with Gasteiger partial charge in [-0.3, -0.25) is 4.79 Å². The molecule has 1 fully saturated rings. The number of aryl methyl sites for hydroxylation is 1. The first-order valence-electron chi connectivity index (χ1n) is 8.86. The van der Waals surface area contributed by atoms with Crippen molar-refractivity contribution in [2.24, 2.45) is 0 Å². The lowest BCUT2D eigenvalue weighted by atomic mass is 10.0. The highest BCUT2D eigenvalue weighted by atomic mass is 35.5. The summed E-state index contributed by atoms with van der Waals surface area (Å²) in [5.74, 6) is 0.160. The van der Waals surface area contributed by atoms with Crippen molar-refractivity contribution in [1.82, 2.24) is 20.0 Å². The Morgan fingerprint density at radius 2 is 1.93 bits per heavy atom. The van der Waals surface area contributed by atoms with Gasteiger partial charge in [0.25, 0.3) is 0 Å². The molecule has 3 rings (SSSR count). The van der Waals surface area contributed by atoms with E-state index in [1.165, 1.54) is 0 Å². The van der Waals surface area contributed by atoms with Crippen LogP contribution < -0.4 is 5.32 Å². The SMILES string of the molecule is CNC1CCN(C(=O)Cc2c(C)nn(-c3ccc(Cl)cc3Cl)c2C)CC1.Cl. The Balaban J connectivity index is 0.00000261. The van der Waals surface area contributed by atoms with Gasteiger partial charge in [-0.15, -0.1) is 12.4 Å². The first-order valence-corrected chi connectivity index (χ1v) is 9.62. The van der Waals surface area contributed by atoms with Crippen molar-refractivity contribution in [1.29, 1.82) is 0 Å². The van der Waals surface area contributed by atoms with E-state index in [2.05, 4.69) is 10.4 Å². The Kier molecular flexibility index (Phi) is 7.57. The van der Waals surface area contributed by atoms with Gasteiger partial charge in [-0.25, -0.2) is 4.68 Å². The third kappa shape index (κ3) is 4.77. The largest absolute Gasteiger partial charge is 0.342 e. The number of carbonyl (C=O) groups is 1. The molecule has 0 bridgehead atoms. The Morgan fingerprint density at radius 1 is 1.26 bits per heavy atom. The van der Waals surface area contributed by atoms with E-state index in [4.69, 9.17) is 23.2 Å². The zero-order valence-electron chi connectivity index (χ0n) is 15.8. The molecule has 2 aromatic rings. The number of likely N-dealkylation sites (tertiary alicyclic amines) is 1. The second-order valence-corrected chi connectivity index (χ2v) is 7.62. The third-order valence-electron chi connectivity index (χ3n) is 5.16. The van der Waals surface area contributed by atoms with Crippen LogP contribution in [0.5, 0.6) is 0 Å². The van der Waals surface area contributed by atoms with E-state index < -0.39 is 0 Å². The molecule has 1 aliphatic heterocycles. The summed E-state index contributed by atoms with van der Waals surface area (Å²) in [4.78, 5) is 14.7. The van der Waals surface area contributed by atoms with Gasteiger partial charge < -0.3 is 10.2 Å². The first-order chi connectivity index (χ1) is 12.4. The van der Waals surface area contributed by atoms with Crippen molar-refractivity contribution in [2.45, 2.75) is 39.2 Å². The van der Waals surface area contributed by atoms with E-state index in [9.17, 15) is 4.79 Å². The molecule has 1 amide bonds. The molecule has 1 aromatic carbocycles. The zero-order valence-corrected chi connectivity index (χ0v) is 18.1. The molecule has 0 spiro atoms. The first kappa shape index (κ1) is 22.0. The Labute approximate surface area is 176 Å². The van der Waals surface area contributed by atoms with E-state index in [0.717, 1.165) is 48.6 Å². The molecule has 5 nitrogen and oxygen atoms in total. The number of rotatable bonds is 4. The number of nitrogens with zero attached hydrogens (tertiary/aromatic N) is 3. The third-order valence-corrected chi connectivity index (χ3v) is 5.70. The number of halogens is 3. The molecule has 0 unspecified atom stereocenters. The summed E-state index contributed by atoms with van der Waals surface area (Å²) in [5.41, 5.74) is 3.53. The number of aromatic nitrogens is 2. The van der Waals surface area contributed by atoms with E-state index in [1.807, 2.05) is 31.9 Å². The van der Waals surface area contributed by atoms with Gasteiger partial charge in [-0.2, -0.15) is 5.10 Å². The summed E-state index contributed by atoms with van der Waals surface area (Å²) in [7, 11) is 1.98. The van der Waals surface area contributed by atoms with Crippen molar-refractivity contribution in [2.75, 3.05) is 20.1 Å². The number of hydrogen-bond acceptors (Lipinski definition) is 3. The van der Waals surface area contributed by atoms with Crippen LogP contribution in [0.25, 0.3) is 5.69 Å². The molecule has 1 aliphatic rings. The zero-order chi connectivity index (χ0) is 18.8. The average molecular weight is 432 g/mol. The van der Waals surface area contributed by atoms with E-state index in [1.54, 1.807) is 16.8 Å². The highest BCUT2D eigenvalue weighted by molar-refractivity contribution is 6.35. The van der Waals surface area contributed by atoms with Crippen LogP contribution in [0, 0.1) is 13.8 Å². The smallest absolute Gasteiger partial charge is 0.227 e. The van der Waals surface area contributed by atoms with Crippen LogP contribution in [0.15, 0.2) is 18.2 Å². The van der Waals surface area contributed by atoms with Gasteiger partial charge in [0.15, 0.2) is 0 Å². The highest BCUT2D eigenvalue weighted by Crippen LogP contribution is 2.27. The van der Waals surface area contributed by atoms with Crippen molar-refractivity contribution in [3.63, 3.8) is 0 Å². The number of amides is 1. The van der Waals surface area contributed by atoms with Crippen molar-refractivity contribution >= 4 is 41.5 Å². The van der Waals surface area contributed by atoms with E-state index in [-0.39, 0.29) is 18.3 Å². The topological polar surface area (TPSA) is 50.2 Å². The van der Waals surface area contributed by atoms with Gasteiger partial charge in [0.1, 0.15) is 0 Å². The maximum atomic E-state index is 12.7. The van der Waals surface area contributed by atoms with E-state index >= 15 is 0 Å². The lowest BCUT2D eigenvalue weighted by Crippen LogP contribution is -2.44. The number of nitrogens with one attached hydrogen (secondary N) is 1. The average Bonchev–Trinajstić information content (AvgIpc) is 2.90. The molecule has 1 aromatic heterocycles. The number of benzene rings is 1. The minimum Gasteiger partial charge on any atom is -0.342 e. The van der Waals surface area contributed by atoms with Crippen LogP contribution in [-0.2, 0) is 11.2 Å². The molecule has 1 N–H and O–H groups in total. The Hall–Kier alpha value is -1.27. The molecule has 2 heterocycles. The molecule has 0 radical (unpaired) electrons. The maximum absolute atomic E-state index is 12.7. The second kappa shape index (κ2) is 9.28. The van der Waals surface area contributed by atoms with Gasteiger partial charge in [0, 0.05) is 35.4 Å². The maximum Gasteiger partial charge on any atom is 0.227 e.